The van der Waals surface area contributed by atoms with Gasteiger partial charge in [-0.1, -0.05) is 11.6 Å². The molecule has 0 aliphatic rings. The lowest BCUT2D eigenvalue weighted by molar-refractivity contribution is 0.974. The lowest BCUT2D eigenvalue weighted by Gasteiger charge is -2.04. The Morgan fingerprint density at radius 3 is 3.00 bits per heavy atom. The average molecular weight is 209 g/mol. The fourth-order valence-corrected chi connectivity index (χ4v) is 1.27. The number of pyridine rings is 1. The third kappa shape index (κ3) is 2.03. The van der Waals surface area contributed by atoms with Gasteiger partial charge in [-0.2, -0.15) is 5.10 Å². The van der Waals surface area contributed by atoms with Crippen LogP contribution in [-0.2, 0) is 6.54 Å². The smallest absolute Gasteiger partial charge is 0.145 e. The van der Waals surface area contributed by atoms with Crippen molar-refractivity contribution in [1.29, 1.82) is 0 Å². The Morgan fingerprint density at radius 1 is 1.36 bits per heavy atom. The van der Waals surface area contributed by atoms with Gasteiger partial charge in [0.25, 0.3) is 0 Å². The fraction of sp³-hybridized carbons (Fsp3) is 0.111. The standard InChI is InChI=1S/C9H9ClN4/c10-8-2-1-4-11-9(8)12-6-7-3-5-13-14-7/h1-5H,6H2,(H,11,12)(H,13,14). The molecule has 2 aromatic heterocycles. The molecule has 0 atom stereocenters. The van der Waals surface area contributed by atoms with Crippen LogP contribution < -0.4 is 5.32 Å². The summed E-state index contributed by atoms with van der Waals surface area (Å²) >= 11 is 5.91. The maximum absolute atomic E-state index is 5.91. The van der Waals surface area contributed by atoms with Crippen LogP contribution in [0.1, 0.15) is 5.69 Å². The molecule has 0 fully saturated rings. The van der Waals surface area contributed by atoms with E-state index in [1.54, 1.807) is 24.5 Å². The zero-order valence-electron chi connectivity index (χ0n) is 7.37. The number of H-pyrrole nitrogens is 1. The van der Waals surface area contributed by atoms with Crippen LogP contribution in [0, 0.1) is 0 Å². The van der Waals surface area contributed by atoms with Gasteiger partial charge in [0.2, 0.25) is 0 Å². The molecule has 0 radical (unpaired) electrons. The molecular weight excluding hydrogens is 200 g/mol. The van der Waals surface area contributed by atoms with Gasteiger partial charge in [0.05, 0.1) is 17.3 Å². The first kappa shape index (κ1) is 9.02. The van der Waals surface area contributed by atoms with Gasteiger partial charge in [-0.3, -0.25) is 5.10 Å². The summed E-state index contributed by atoms with van der Waals surface area (Å²) in [5.74, 6) is 0.684. The first-order chi connectivity index (χ1) is 6.86. The van der Waals surface area contributed by atoms with Crippen molar-refractivity contribution in [3.63, 3.8) is 0 Å². The number of aromatic nitrogens is 3. The van der Waals surface area contributed by atoms with Crippen LogP contribution in [0.15, 0.2) is 30.6 Å². The zero-order chi connectivity index (χ0) is 9.80. The molecule has 0 bridgehead atoms. The van der Waals surface area contributed by atoms with Crippen molar-refractivity contribution in [2.75, 3.05) is 5.32 Å². The van der Waals surface area contributed by atoms with E-state index in [0.29, 0.717) is 17.4 Å². The molecule has 0 spiro atoms. The van der Waals surface area contributed by atoms with Crippen LogP contribution in [0.2, 0.25) is 5.02 Å². The minimum Gasteiger partial charge on any atom is -0.363 e. The van der Waals surface area contributed by atoms with Crippen LogP contribution >= 0.6 is 11.6 Å². The van der Waals surface area contributed by atoms with E-state index in [1.807, 2.05) is 6.07 Å². The van der Waals surface area contributed by atoms with E-state index in [1.165, 1.54) is 0 Å². The SMILES string of the molecule is Clc1cccnc1NCc1ccn[nH]1. The highest BCUT2D eigenvalue weighted by atomic mass is 35.5. The molecule has 0 saturated heterocycles. The average Bonchev–Trinajstić information content (AvgIpc) is 2.69. The molecule has 2 N–H and O–H groups in total. The third-order valence-electron chi connectivity index (χ3n) is 1.76. The van der Waals surface area contributed by atoms with Crippen molar-refractivity contribution < 1.29 is 0 Å². The van der Waals surface area contributed by atoms with Crippen molar-refractivity contribution in [3.8, 4) is 0 Å². The Balaban J connectivity index is 2.02. The predicted molar refractivity (Wildman–Crippen MR) is 55.2 cm³/mol. The summed E-state index contributed by atoms with van der Waals surface area (Å²) in [6, 6.07) is 5.48. The summed E-state index contributed by atoms with van der Waals surface area (Å²) in [7, 11) is 0. The van der Waals surface area contributed by atoms with Crippen LogP contribution in [0.4, 0.5) is 5.82 Å². The van der Waals surface area contributed by atoms with Gasteiger partial charge in [-0.25, -0.2) is 4.98 Å². The van der Waals surface area contributed by atoms with Crippen LogP contribution in [0.3, 0.4) is 0 Å². The molecule has 0 saturated carbocycles. The number of anilines is 1. The monoisotopic (exact) mass is 208 g/mol. The van der Waals surface area contributed by atoms with E-state index in [0.717, 1.165) is 5.69 Å². The molecular formula is C9H9ClN4. The highest BCUT2D eigenvalue weighted by molar-refractivity contribution is 6.32. The molecule has 0 aromatic carbocycles. The van der Waals surface area contributed by atoms with E-state index < -0.39 is 0 Å². The number of hydrogen-bond acceptors (Lipinski definition) is 3. The second-order valence-electron chi connectivity index (χ2n) is 2.77. The van der Waals surface area contributed by atoms with Crippen molar-refractivity contribution in [2.24, 2.45) is 0 Å². The Kier molecular flexibility index (Phi) is 2.65. The van der Waals surface area contributed by atoms with Gasteiger partial charge in [0, 0.05) is 12.4 Å². The molecule has 72 valence electrons. The Hall–Kier alpha value is -1.55. The quantitative estimate of drug-likeness (QED) is 0.812. The van der Waals surface area contributed by atoms with Gasteiger partial charge >= 0.3 is 0 Å². The minimum absolute atomic E-state index is 0.618. The maximum Gasteiger partial charge on any atom is 0.145 e. The molecule has 14 heavy (non-hydrogen) atoms. The van der Waals surface area contributed by atoms with Crippen molar-refractivity contribution in [2.45, 2.75) is 6.54 Å². The largest absolute Gasteiger partial charge is 0.363 e. The lowest BCUT2D eigenvalue weighted by atomic mass is 10.4. The number of hydrogen-bond donors (Lipinski definition) is 2. The Bertz CT molecular complexity index is 399. The Labute approximate surface area is 86.3 Å². The first-order valence-electron chi connectivity index (χ1n) is 4.19. The molecule has 4 nitrogen and oxygen atoms in total. The van der Waals surface area contributed by atoms with E-state index >= 15 is 0 Å². The van der Waals surface area contributed by atoms with E-state index in [9.17, 15) is 0 Å². The number of nitrogens with zero attached hydrogens (tertiary/aromatic N) is 2. The molecule has 0 aliphatic carbocycles. The lowest BCUT2D eigenvalue weighted by Crippen LogP contribution is -2.01. The number of halogens is 1. The molecule has 2 heterocycles. The van der Waals surface area contributed by atoms with Crippen molar-refractivity contribution in [3.05, 3.63) is 41.3 Å². The highest BCUT2D eigenvalue weighted by Gasteiger charge is 1.99. The fourth-order valence-electron chi connectivity index (χ4n) is 1.08. The minimum atomic E-state index is 0.618. The van der Waals surface area contributed by atoms with Gasteiger partial charge in [0.1, 0.15) is 5.82 Å². The summed E-state index contributed by atoms with van der Waals surface area (Å²) in [6.45, 7) is 0.636. The normalized spacial score (nSPS) is 10.1. The molecule has 0 amide bonds. The maximum atomic E-state index is 5.91. The third-order valence-corrected chi connectivity index (χ3v) is 2.07. The highest BCUT2D eigenvalue weighted by Crippen LogP contribution is 2.17. The summed E-state index contributed by atoms with van der Waals surface area (Å²) < 4.78 is 0. The summed E-state index contributed by atoms with van der Waals surface area (Å²) in [4.78, 5) is 4.10. The van der Waals surface area contributed by atoms with E-state index in [-0.39, 0.29) is 0 Å². The molecule has 5 heteroatoms. The zero-order valence-corrected chi connectivity index (χ0v) is 8.12. The topological polar surface area (TPSA) is 53.6 Å². The summed E-state index contributed by atoms with van der Waals surface area (Å²) in [5, 5.41) is 10.4. The second-order valence-corrected chi connectivity index (χ2v) is 3.18. The molecule has 0 unspecified atom stereocenters. The summed E-state index contributed by atoms with van der Waals surface area (Å²) in [5.41, 5.74) is 0.992. The van der Waals surface area contributed by atoms with Crippen molar-refractivity contribution in [1.82, 2.24) is 15.2 Å². The van der Waals surface area contributed by atoms with Crippen LogP contribution in [0.5, 0.6) is 0 Å². The van der Waals surface area contributed by atoms with Gasteiger partial charge in [-0.15, -0.1) is 0 Å². The number of rotatable bonds is 3. The van der Waals surface area contributed by atoms with Gasteiger partial charge in [0.15, 0.2) is 0 Å². The molecule has 2 aromatic rings. The number of nitrogens with one attached hydrogen (secondary N) is 2. The molecule has 2 rings (SSSR count). The second kappa shape index (κ2) is 4.11. The van der Waals surface area contributed by atoms with Gasteiger partial charge < -0.3 is 5.32 Å². The summed E-state index contributed by atoms with van der Waals surface area (Å²) in [6.07, 6.45) is 3.40. The Morgan fingerprint density at radius 2 is 2.29 bits per heavy atom. The van der Waals surface area contributed by atoms with E-state index in [4.69, 9.17) is 11.6 Å². The van der Waals surface area contributed by atoms with E-state index in [2.05, 4.69) is 20.5 Å². The number of aromatic amines is 1. The molecule has 0 aliphatic heterocycles. The van der Waals surface area contributed by atoms with Crippen LogP contribution in [0.25, 0.3) is 0 Å². The van der Waals surface area contributed by atoms with Gasteiger partial charge in [-0.05, 0) is 18.2 Å². The predicted octanol–water partition coefficient (Wildman–Crippen LogP) is 2.07. The first-order valence-corrected chi connectivity index (χ1v) is 4.57. The van der Waals surface area contributed by atoms with Crippen molar-refractivity contribution >= 4 is 17.4 Å². The van der Waals surface area contributed by atoms with Crippen LogP contribution in [-0.4, -0.2) is 15.2 Å².